The number of nitrogens with one attached hydrogen (secondary N) is 1. The average Bonchev–Trinajstić information content (AvgIpc) is 2.68. The third-order valence-electron chi connectivity index (χ3n) is 2.41. The van der Waals surface area contributed by atoms with Crippen LogP contribution in [-0.4, -0.2) is 4.98 Å². The van der Waals surface area contributed by atoms with Gasteiger partial charge in [-0.3, -0.25) is 4.98 Å². The number of halogens is 1. The quantitative estimate of drug-likeness (QED) is 0.882. The van der Waals surface area contributed by atoms with E-state index in [4.69, 9.17) is 11.6 Å². The van der Waals surface area contributed by atoms with Crippen molar-refractivity contribution in [1.29, 1.82) is 0 Å². The standard InChI is InChI=1S/C12H13ClN2S/c1-8-7-14-6-5-10(8)15-9(2)11-3-4-12(13)16-11/h3-7,9H,1-2H3,(H,14,15). The molecule has 0 saturated heterocycles. The molecular weight excluding hydrogens is 240 g/mol. The number of thiophene rings is 1. The van der Waals surface area contributed by atoms with E-state index in [1.807, 2.05) is 25.3 Å². The molecule has 0 fully saturated rings. The van der Waals surface area contributed by atoms with E-state index in [0.717, 1.165) is 15.6 Å². The van der Waals surface area contributed by atoms with Crippen molar-refractivity contribution >= 4 is 28.6 Å². The van der Waals surface area contributed by atoms with Crippen LogP contribution >= 0.6 is 22.9 Å². The summed E-state index contributed by atoms with van der Waals surface area (Å²) >= 11 is 7.53. The van der Waals surface area contributed by atoms with Gasteiger partial charge < -0.3 is 5.32 Å². The van der Waals surface area contributed by atoms with Gasteiger partial charge in [0.2, 0.25) is 0 Å². The smallest absolute Gasteiger partial charge is 0.0932 e. The molecule has 0 aliphatic rings. The third kappa shape index (κ3) is 2.54. The van der Waals surface area contributed by atoms with E-state index < -0.39 is 0 Å². The molecule has 0 aromatic carbocycles. The molecule has 0 radical (unpaired) electrons. The Morgan fingerprint density at radius 1 is 1.38 bits per heavy atom. The summed E-state index contributed by atoms with van der Waals surface area (Å²) in [5, 5.41) is 3.45. The number of aromatic nitrogens is 1. The van der Waals surface area contributed by atoms with Crippen LogP contribution in [0.1, 0.15) is 23.4 Å². The van der Waals surface area contributed by atoms with Gasteiger partial charge in [-0.15, -0.1) is 11.3 Å². The van der Waals surface area contributed by atoms with Crippen LogP contribution < -0.4 is 5.32 Å². The Morgan fingerprint density at radius 3 is 2.81 bits per heavy atom. The van der Waals surface area contributed by atoms with E-state index in [1.165, 1.54) is 4.88 Å². The molecule has 0 amide bonds. The van der Waals surface area contributed by atoms with Gasteiger partial charge in [0, 0.05) is 23.0 Å². The topological polar surface area (TPSA) is 24.9 Å². The van der Waals surface area contributed by atoms with E-state index in [-0.39, 0.29) is 6.04 Å². The number of hydrogen-bond acceptors (Lipinski definition) is 3. The maximum atomic E-state index is 5.92. The van der Waals surface area contributed by atoms with Gasteiger partial charge in [-0.05, 0) is 37.6 Å². The fourth-order valence-corrected chi connectivity index (χ4v) is 2.56. The van der Waals surface area contributed by atoms with Gasteiger partial charge >= 0.3 is 0 Å². The van der Waals surface area contributed by atoms with Crippen molar-refractivity contribution < 1.29 is 0 Å². The molecule has 0 aliphatic heterocycles. The molecule has 2 nitrogen and oxygen atoms in total. The van der Waals surface area contributed by atoms with Gasteiger partial charge in [0.05, 0.1) is 10.4 Å². The van der Waals surface area contributed by atoms with E-state index in [0.29, 0.717) is 0 Å². The molecule has 1 N–H and O–H groups in total. The molecule has 4 heteroatoms. The summed E-state index contributed by atoms with van der Waals surface area (Å²) < 4.78 is 0.829. The number of anilines is 1. The molecule has 0 saturated carbocycles. The minimum atomic E-state index is 0.263. The molecule has 16 heavy (non-hydrogen) atoms. The van der Waals surface area contributed by atoms with Crippen LogP contribution in [0.4, 0.5) is 5.69 Å². The van der Waals surface area contributed by atoms with E-state index in [9.17, 15) is 0 Å². The lowest BCUT2D eigenvalue weighted by Crippen LogP contribution is -2.06. The molecular formula is C12H13ClN2S. The first-order valence-corrected chi connectivity index (χ1v) is 6.28. The summed E-state index contributed by atoms with van der Waals surface area (Å²) in [6.07, 6.45) is 3.65. The highest BCUT2D eigenvalue weighted by Crippen LogP contribution is 2.29. The Balaban J connectivity index is 2.13. The van der Waals surface area contributed by atoms with Gasteiger partial charge in [0.1, 0.15) is 0 Å². The minimum absolute atomic E-state index is 0.263. The van der Waals surface area contributed by atoms with Gasteiger partial charge in [0.15, 0.2) is 0 Å². The lowest BCUT2D eigenvalue weighted by atomic mass is 10.2. The third-order valence-corrected chi connectivity index (χ3v) is 3.83. The molecule has 0 bridgehead atoms. The average molecular weight is 253 g/mol. The lowest BCUT2D eigenvalue weighted by molar-refractivity contribution is 0.904. The lowest BCUT2D eigenvalue weighted by Gasteiger charge is -2.15. The summed E-state index contributed by atoms with van der Waals surface area (Å²) in [6, 6.07) is 6.24. The fourth-order valence-electron chi connectivity index (χ4n) is 1.50. The Labute approximate surface area is 104 Å². The molecule has 1 atom stereocenters. The molecule has 2 aromatic rings. The van der Waals surface area contributed by atoms with Crippen LogP contribution in [0.3, 0.4) is 0 Å². The highest BCUT2D eigenvalue weighted by Gasteiger charge is 2.08. The van der Waals surface area contributed by atoms with E-state index in [2.05, 4.69) is 23.3 Å². The number of rotatable bonds is 3. The highest BCUT2D eigenvalue weighted by atomic mass is 35.5. The predicted octanol–water partition coefficient (Wildman–Crippen LogP) is 4.28. The zero-order valence-electron chi connectivity index (χ0n) is 9.20. The normalized spacial score (nSPS) is 12.4. The summed E-state index contributed by atoms with van der Waals surface area (Å²) in [4.78, 5) is 5.31. The maximum Gasteiger partial charge on any atom is 0.0932 e. The Morgan fingerprint density at radius 2 is 2.19 bits per heavy atom. The number of pyridine rings is 1. The van der Waals surface area contributed by atoms with Crippen molar-refractivity contribution in [2.75, 3.05) is 5.32 Å². The van der Waals surface area contributed by atoms with E-state index in [1.54, 1.807) is 17.5 Å². The zero-order valence-corrected chi connectivity index (χ0v) is 10.8. The van der Waals surface area contributed by atoms with Crippen molar-refractivity contribution in [3.8, 4) is 0 Å². The zero-order chi connectivity index (χ0) is 11.5. The van der Waals surface area contributed by atoms with Crippen molar-refractivity contribution in [3.05, 3.63) is 45.4 Å². The van der Waals surface area contributed by atoms with Gasteiger partial charge in [0.25, 0.3) is 0 Å². The first-order valence-electron chi connectivity index (χ1n) is 5.09. The Hall–Kier alpha value is -1.06. The molecule has 0 spiro atoms. The van der Waals surface area contributed by atoms with Gasteiger partial charge in [-0.1, -0.05) is 11.6 Å². The van der Waals surface area contributed by atoms with E-state index >= 15 is 0 Å². The monoisotopic (exact) mass is 252 g/mol. The van der Waals surface area contributed by atoms with Crippen LogP contribution in [0.2, 0.25) is 4.34 Å². The van der Waals surface area contributed by atoms with Crippen LogP contribution in [-0.2, 0) is 0 Å². The second kappa shape index (κ2) is 4.85. The van der Waals surface area contributed by atoms with Crippen LogP contribution in [0.15, 0.2) is 30.6 Å². The van der Waals surface area contributed by atoms with Crippen LogP contribution in [0.25, 0.3) is 0 Å². The highest BCUT2D eigenvalue weighted by molar-refractivity contribution is 7.16. The minimum Gasteiger partial charge on any atom is -0.377 e. The number of nitrogens with zero attached hydrogens (tertiary/aromatic N) is 1. The number of aryl methyl sites for hydroxylation is 1. The first kappa shape index (κ1) is 11.4. The van der Waals surface area contributed by atoms with Crippen LogP contribution in [0, 0.1) is 6.92 Å². The maximum absolute atomic E-state index is 5.92. The van der Waals surface area contributed by atoms with Crippen LogP contribution in [0.5, 0.6) is 0 Å². The Kier molecular flexibility index (Phi) is 3.46. The second-order valence-corrected chi connectivity index (χ2v) is 5.45. The summed E-state index contributed by atoms with van der Waals surface area (Å²) in [5.41, 5.74) is 2.27. The molecule has 2 heterocycles. The molecule has 2 aromatic heterocycles. The Bertz CT molecular complexity index is 481. The second-order valence-electron chi connectivity index (χ2n) is 3.70. The van der Waals surface area contributed by atoms with Gasteiger partial charge in [-0.25, -0.2) is 0 Å². The first-order chi connectivity index (χ1) is 7.66. The van der Waals surface area contributed by atoms with Crippen molar-refractivity contribution in [3.63, 3.8) is 0 Å². The SMILES string of the molecule is Cc1cnccc1NC(C)c1ccc(Cl)s1. The molecule has 0 aliphatic carbocycles. The molecule has 1 unspecified atom stereocenters. The van der Waals surface area contributed by atoms with Crippen molar-refractivity contribution in [2.24, 2.45) is 0 Å². The largest absolute Gasteiger partial charge is 0.377 e. The summed E-state index contributed by atoms with van der Waals surface area (Å²) in [5.74, 6) is 0. The van der Waals surface area contributed by atoms with Crippen molar-refractivity contribution in [1.82, 2.24) is 4.98 Å². The summed E-state index contributed by atoms with van der Waals surface area (Å²) in [7, 11) is 0. The predicted molar refractivity (Wildman–Crippen MR) is 70.3 cm³/mol. The van der Waals surface area contributed by atoms with Crippen molar-refractivity contribution in [2.45, 2.75) is 19.9 Å². The summed E-state index contributed by atoms with van der Waals surface area (Å²) in [6.45, 7) is 4.17. The fraction of sp³-hybridized carbons (Fsp3) is 0.250. The molecule has 84 valence electrons. The molecule has 2 rings (SSSR count). The number of hydrogen-bond donors (Lipinski definition) is 1. The van der Waals surface area contributed by atoms with Gasteiger partial charge in [-0.2, -0.15) is 0 Å².